The standard InChI is InChI=1S/C8H8BrN.C8H3BrO3/c9-8-2-1-6-4-10-5-7(6)3-8;9-4-1-2-5-6(3-4)8(11)12-7(5)10/h1-3,10H,4-5H2;1-3H. The molecule has 2 aromatic rings. The Bertz CT molecular complexity index is 774. The van der Waals surface area contributed by atoms with E-state index in [1.165, 1.54) is 15.6 Å². The van der Waals surface area contributed by atoms with E-state index >= 15 is 0 Å². The third-order valence-electron chi connectivity index (χ3n) is 3.41. The number of halogens is 2. The molecule has 0 aliphatic carbocycles. The maximum absolute atomic E-state index is 11.0. The van der Waals surface area contributed by atoms with Crippen LogP contribution in [0.3, 0.4) is 0 Å². The predicted octanol–water partition coefficient (Wildman–Crippen LogP) is 3.81. The van der Waals surface area contributed by atoms with Crippen molar-refractivity contribution in [3.05, 3.63) is 67.6 Å². The minimum atomic E-state index is -0.573. The lowest BCUT2D eigenvalue weighted by Crippen LogP contribution is -1.99. The molecule has 0 radical (unpaired) electrons. The number of hydrogen-bond acceptors (Lipinski definition) is 4. The Morgan fingerprint density at radius 3 is 2.27 bits per heavy atom. The van der Waals surface area contributed by atoms with Crippen LogP contribution < -0.4 is 5.32 Å². The number of fused-ring (bicyclic) bond motifs is 2. The smallest absolute Gasteiger partial charge is 0.346 e. The van der Waals surface area contributed by atoms with Gasteiger partial charge in [-0.3, -0.25) is 0 Å². The van der Waals surface area contributed by atoms with Crippen molar-refractivity contribution < 1.29 is 14.3 Å². The zero-order valence-electron chi connectivity index (χ0n) is 11.4. The monoisotopic (exact) mass is 423 g/mol. The van der Waals surface area contributed by atoms with Crippen molar-refractivity contribution in [2.45, 2.75) is 13.1 Å². The molecule has 0 unspecified atom stereocenters. The van der Waals surface area contributed by atoms with Crippen LogP contribution in [0.25, 0.3) is 0 Å². The maximum atomic E-state index is 11.0. The van der Waals surface area contributed by atoms with Crippen molar-refractivity contribution in [1.82, 2.24) is 5.32 Å². The van der Waals surface area contributed by atoms with E-state index in [9.17, 15) is 9.59 Å². The van der Waals surface area contributed by atoms with E-state index in [1.807, 2.05) is 0 Å². The fourth-order valence-electron chi connectivity index (χ4n) is 2.32. The molecule has 22 heavy (non-hydrogen) atoms. The van der Waals surface area contributed by atoms with Gasteiger partial charge in [-0.15, -0.1) is 0 Å². The summed E-state index contributed by atoms with van der Waals surface area (Å²) in [5, 5.41) is 3.29. The van der Waals surface area contributed by atoms with Crippen molar-refractivity contribution in [3.8, 4) is 0 Å². The van der Waals surface area contributed by atoms with Crippen LogP contribution in [-0.4, -0.2) is 11.9 Å². The lowest BCUT2D eigenvalue weighted by Gasteiger charge is -1.95. The molecule has 2 aromatic carbocycles. The van der Waals surface area contributed by atoms with Crippen LogP contribution in [0.15, 0.2) is 45.3 Å². The maximum Gasteiger partial charge on any atom is 0.346 e. The van der Waals surface area contributed by atoms with Gasteiger partial charge in [0.15, 0.2) is 0 Å². The van der Waals surface area contributed by atoms with Crippen LogP contribution in [0, 0.1) is 0 Å². The molecule has 0 spiro atoms. The van der Waals surface area contributed by atoms with Crippen LogP contribution >= 0.6 is 31.9 Å². The van der Waals surface area contributed by atoms with Gasteiger partial charge in [0.2, 0.25) is 0 Å². The summed E-state index contributed by atoms with van der Waals surface area (Å²) in [7, 11) is 0. The summed E-state index contributed by atoms with van der Waals surface area (Å²) >= 11 is 6.63. The molecule has 0 atom stereocenters. The van der Waals surface area contributed by atoms with Crippen molar-refractivity contribution in [1.29, 1.82) is 0 Å². The first-order chi connectivity index (χ1) is 10.5. The minimum Gasteiger partial charge on any atom is -0.386 e. The van der Waals surface area contributed by atoms with Crippen LogP contribution in [0.1, 0.15) is 31.8 Å². The number of hydrogen-bond donors (Lipinski definition) is 1. The highest BCUT2D eigenvalue weighted by atomic mass is 79.9. The summed E-state index contributed by atoms with van der Waals surface area (Å²) in [4.78, 5) is 21.9. The van der Waals surface area contributed by atoms with Gasteiger partial charge in [0.25, 0.3) is 0 Å². The third-order valence-corrected chi connectivity index (χ3v) is 4.39. The van der Waals surface area contributed by atoms with Gasteiger partial charge in [0, 0.05) is 22.0 Å². The topological polar surface area (TPSA) is 55.4 Å². The normalized spacial score (nSPS) is 14.8. The fraction of sp³-hybridized carbons (Fsp3) is 0.125. The zero-order valence-corrected chi connectivity index (χ0v) is 14.5. The lowest BCUT2D eigenvalue weighted by molar-refractivity contribution is 0.0444. The summed E-state index contributed by atoms with van der Waals surface area (Å²) in [6, 6.07) is 11.3. The van der Waals surface area contributed by atoms with Gasteiger partial charge in [-0.2, -0.15) is 0 Å². The van der Waals surface area contributed by atoms with E-state index in [1.54, 1.807) is 18.2 Å². The highest BCUT2D eigenvalue weighted by Gasteiger charge is 2.29. The molecule has 0 saturated heterocycles. The molecule has 1 N–H and O–H groups in total. The summed E-state index contributed by atoms with van der Waals surface area (Å²) in [6.45, 7) is 2.05. The first-order valence-corrected chi connectivity index (χ1v) is 8.17. The van der Waals surface area contributed by atoms with Crippen molar-refractivity contribution in [2.75, 3.05) is 0 Å². The molecule has 6 heteroatoms. The summed E-state index contributed by atoms with van der Waals surface area (Å²) in [5.74, 6) is -1.14. The molecular weight excluding hydrogens is 414 g/mol. The number of carbonyl (C=O) groups excluding carboxylic acids is 2. The van der Waals surface area contributed by atoms with E-state index in [0.29, 0.717) is 11.1 Å². The molecule has 0 fully saturated rings. The Hall–Kier alpha value is -1.50. The second kappa shape index (κ2) is 6.32. The molecule has 2 aliphatic rings. The SMILES string of the molecule is Brc1ccc2c(c1)CNC2.O=C1OC(=O)c2cc(Br)ccc21. The number of rotatable bonds is 0. The molecule has 0 bridgehead atoms. The predicted molar refractivity (Wildman–Crippen MR) is 88.6 cm³/mol. The molecule has 0 amide bonds. The first kappa shape index (κ1) is 15.4. The number of esters is 2. The number of nitrogens with one attached hydrogen (secondary N) is 1. The van der Waals surface area contributed by atoms with E-state index < -0.39 is 11.9 Å². The van der Waals surface area contributed by atoms with Crippen LogP contribution in [0.2, 0.25) is 0 Å². The van der Waals surface area contributed by atoms with E-state index in [-0.39, 0.29) is 0 Å². The van der Waals surface area contributed by atoms with E-state index in [4.69, 9.17) is 0 Å². The highest BCUT2D eigenvalue weighted by molar-refractivity contribution is 9.10. The minimum absolute atomic E-state index is 0.328. The van der Waals surface area contributed by atoms with Crippen molar-refractivity contribution in [2.24, 2.45) is 0 Å². The van der Waals surface area contributed by atoms with Gasteiger partial charge in [-0.05, 0) is 41.5 Å². The van der Waals surface area contributed by atoms with Gasteiger partial charge in [-0.25, -0.2) is 9.59 Å². The molecule has 112 valence electrons. The van der Waals surface area contributed by atoms with E-state index in [0.717, 1.165) is 17.6 Å². The summed E-state index contributed by atoms with van der Waals surface area (Å²) < 4.78 is 6.32. The molecule has 4 rings (SSSR count). The van der Waals surface area contributed by atoms with Crippen molar-refractivity contribution >= 4 is 43.8 Å². The van der Waals surface area contributed by atoms with E-state index in [2.05, 4.69) is 60.1 Å². The van der Waals surface area contributed by atoms with Crippen LogP contribution in [0.5, 0.6) is 0 Å². The fourth-order valence-corrected chi connectivity index (χ4v) is 3.09. The van der Waals surface area contributed by atoms with Gasteiger partial charge in [-0.1, -0.05) is 37.9 Å². The Kier molecular flexibility index (Phi) is 4.42. The Morgan fingerprint density at radius 1 is 0.818 bits per heavy atom. The number of benzene rings is 2. The summed E-state index contributed by atoms with van der Waals surface area (Å²) in [5.41, 5.74) is 3.52. The first-order valence-electron chi connectivity index (χ1n) is 6.58. The molecular formula is C16H11Br2NO3. The molecule has 2 aliphatic heterocycles. The molecule has 0 aromatic heterocycles. The quantitative estimate of drug-likeness (QED) is 0.516. The second-order valence-electron chi connectivity index (χ2n) is 4.88. The molecule has 4 nitrogen and oxygen atoms in total. The number of cyclic esters (lactones) is 2. The number of carbonyl (C=O) groups is 2. The van der Waals surface area contributed by atoms with Crippen LogP contribution in [0.4, 0.5) is 0 Å². The largest absolute Gasteiger partial charge is 0.386 e. The van der Waals surface area contributed by atoms with Crippen LogP contribution in [-0.2, 0) is 17.8 Å². The third kappa shape index (κ3) is 3.14. The number of ether oxygens (including phenoxy) is 1. The van der Waals surface area contributed by atoms with Crippen molar-refractivity contribution in [3.63, 3.8) is 0 Å². The lowest BCUT2D eigenvalue weighted by atomic mass is 10.1. The average molecular weight is 425 g/mol. The average Bonchev–Trinajstić information content (AvgIpc) is 3.04. The molecule has 0 saturated carbocycles. The Balaban J connectivity index is 0.000000133. The molecule has 2 heterocycles. The Morgan fingerprint density at radius 2 is 1.45 bits per heavy atom. The van der Waals surface area contributed by atoms with Gasteiger partial charge in [0.05, 0.1) is 11.1 Å². The highest BCUT2D eigenvalue weighted by Crippen LogP contribution is 2.23. The summed E-state index contributed by atoms with van der Waals surface area (Å²) in [6.07, 6.45) is 0. The zero-order chi connectivity index (χ0) is 15.7. The van der Waals surface area contributed by atoms with Gasteiger partial charge >= 0.3 is 11.9 Å². The second-order valence-corrected chi connectivity index (χ2v) is 6.71. The van der Waals surface area contributed by atoms with Gasteiger partial charge < -0.3 is 10.1 Å². The Labute approximate surface area is 144 Å². The van der Waals surface area contributed by atoms with Gasteiger partial charge in [0.1, 0.15) is 0 Å².